The summed E-state index contributed by atoms with van der Waals surface area (Å²) >= 11 is 0. The van der Waals surface area contributed by atoms with Gasteiger partial charge < -0.3 is 4.57 Å². The predicted octanol–water partition coefficient (Wildman–Crippen LogP) is 6.11. The molecule has 4 heteroatoms. The highest BCUT2D eigenvalue weighted by molar-refractivity contribution is 6.09. The molecule has 0 saturated carbocycles. The molecule has 0 aliphatic rings. The summed E-state index contributed by atoms with van der Waals surface area (Å²) in [6, 6.07) is 19.4. The fraction of sp³-hybridized carbons (Fsp3) is 0.100. The Balaban J connectivity index is 2.23. The van der Waals surface area contributed by atoms with Crippen LogP contribution in [0.15, 0.2) is 66.7 Å². The van der Waals surface area contributed by atoms with Crippen LogP contribution in [0.3, 0.4) is 0 Å². The van der Waals surface area contributed by atoms with Gasteiger partial charge in [0.2, 0.25) is 0 Å². The summed E-state index contributed by atoms with van der Waals surface area (Å²) in [6.07, 6.45) is -4.41. The second-order valence-electron chi connectivity index (χ2n) is 5.84. The fourth-order valence-corrected chi connectivity index (χ4v) is 3.35. The van der Waals surface area contributed by atoms with E-state index in [0.29, 0.717) is 5.56 Å². The number of aryl methyl sites for hydroxylation is 1. The number of benzene rings is 3. The average Bonchev–Trinajstić information content (AvgIpc) is 2.88. The van der Waals surface area contributed by atoms with Crippen LogP contribution < -0.4 is 0 Å². The molecule has 0 saturated heterocycles. The molecule has 0 amide bonds. The summed E-state index contributed by atoms with van der Waals surface area (Å²) in [5, 5.41) is 1.90. The average molecular weight is 325 g/mol. The minimum atomic E-state index is -4.41. The van der Waals surface area contributed by atoms with Gasteiger partial charge in [-0.2, -0.15) is 13.2 Å². The van der Waals surface area contributed by atoms with Gasteiger partial charge in [0.1, 0.15) is 0 Å². The van der Waals surface area contributed by atoms with Crippen molar-refractivity contribution < 1.29 is 13.2 Å². The van der Waals surface area contributed by atoms with Crippen LogP contribution in [-0.4, -0.2) is 4.57 Å². The van der Waals surface area contributed by atoms with Crippen LogP contribution in [0.1, 0.15) is 11.1 Å². The van der Waals surface area contributed by atoms with E-state index in [4.69, 9.17) is 0 Å². The maximum Gasteiger partial charge on any atom is 0.418 e. The molecule has 0 unspecified atom stereocenters. The molecule has 0 bridgehead atoms. The molecule has 120 valence electrons. The van der Waals surface area contributed by atoms with E-state index in [1.54, 1.807) is 17.6 Å². The zero-order chi connectivity index (χ0) is 16.9. The van der Waals surface area contributed by atoms with E-state index in [-0.39, 0.29) is 5.69 Å². The quantitative estimate of drug-likeness (QED) is 0.398. The zero-order valence-electron chi connectivity index (χ0n) is 12.9. The molecule has 24 heavy (non-hydrogen) atoms. The van der Waals surface area contributed by atoms with Gasteiger partial charge in [0.15, 0.2) is 0 Å². The molecule has 0 radical (unpaired) electrons. The lowest BCUT2D eigenvalue weighted by Crippen LogP contribution is -2.12. The summed E-state index contributed by atoms with van der Waals surface area (Å²) < 4.78 is 42.5. The number of fused-ring (bicyclic) bond motifs is 3. The Morgan fingerprint density at radius 1 is 0.708 bits per heavy atom. The van der Waals surface area contributed by atoms with Crippen LogP contribution >= 0.6 is 0 Å². The lowest BCUT2D eigenvalue weighted by molar-refractivity contribution is -0.137. The monoisotopic (exact) mass is 325 g/mol. The Morgan fingerprint density at radius 2 is 1.25 bits per heavy atom. The Labute approximate surface area is 136 Å². The van der Waals surface area contributed by atoms with Crippen molar-refractivity contribution in [3.8, 4) is 5.69 Å². The van der Waals surface area contributed by atoms with Crippen LogP contribution in [-0.2, 0) is 6.18 Å². The number of para-hydroxylation sites is 3. The number of rotatable bonds is 1. The van der Waals surface area contributed by atoms with Crippen LogP contribution in [0.4, 0.5) is 13.2 Å². The van der Waals surface area contributed by atoms with Crippen molar-refractivity contribution >= 4 is 21.8 Å². The first-order valence-corrected chi connectivity index (χ1v) is 7.64. The molecule has 1 aromatic heterocycles. The molecule has 4 rings (SSSR count). The first-order valence-electron chi connectivity index (χ1n) is 7.64. The molecule has 4 aromatic rings. The predicted molar refractivity (Wildman–Crippen MR) is 90.5 cm³/mol. The van der Waals surface area contributed by atoms with Gasteiger partial charge in [-0.3, -0.25) is 0 Å². The molecule has 0 atom stereocenters. The van der Waals surface area contributed by atoms with Crippen LogP contribution in [0.5, 0.6) is 0 Å². The van der Waals surface area contributed by atoms with Crippen LogP contribution in [0.2, 0.25) is 0 Å². The third kappa shape index (κ3) is 2.10. The van der Waals surface area contributed by atoms with Crippen LogP contribution in [0.25, 0.3) is 27.5 Å². The van der Waals surface area contributed by atoms with Crippen molar-refractivity contribution in [2.45, 2.75) is 13.1 Å². The first-order chi connectivity index (χ1) is 11.5. The van der Waals surface area contributed by atoms with Gasteiger partial charge in [-0.1, -0.05) is 48.5 Å². The summed E-state index contributed by atoms with van der Waals surface area (Å²) in [6.45, 7) is 1.72. The number of alkyl halides is 3. The standard InChI is InChI=1S/C20H14F3N/c1-13-7-6-10-16(20(21,22)23)19(13)24-17-11-4-2-8-14(17)15-9-3-5-12-18(15)24/h2-12H,1H3. The highest BCUT2D eigenvalue weighted by Gasteiger charge is 2.35. The van der Waals surface area contributed by atoms with Crippen molar-refractivity contribution in [3.05, 3.63) is 77.9 Å². The highest BCUT2D eigenvalue weighted by Crippen LogP contribution is 2.39. The Bertz CT molecular complexity index is 1000. The maximum absolute atomic E-state index is 13.6. The smallest absolute Gasteiger partial charge is 0.308 e. The van der Waals surface area contributed by atoms with Gasteiger partial charge in [0.05, 0.1) is 22.3 Å². The van der Waals surface area contributed by atoms with Crippen molar-refractivity contribution in [2.24, 2.45) is 0 Å². The number of nitrogens with zero attached hydrogens (tertiary/aromatic N) is 1. The van der Waals surface area contributed by atoms with E-state index >= 15 is 0 Å². The fourth-order valence-electron chi connectivity index (χ4n) is 3.35. The molecule has 1 nitrogen and oxygen atoms in total. The number of halogens is 3. The third-order valence-corrected chi connectivity index (χ3v) is 4.35. The van der Waals surface area contributed by atoms with E-state index in [1.165, 1.54) is 6.07 Å². The molecule has 0 aliphatic heterocycles. The third-order valence-electron chi connectivity index (χ3n) is 4.35. The van der Waals surface area contributed by atoms with Gasteiger partial charge in [-0.25, -0.2) is 0 Å². The minimum Gasteiger partial charge on any atom is -0.308 e. The van der Waals surface area contributed by atoms with Gasteiger partial charge >= 0.3 is 6.18 Å². The lowest BCUT2D eigenvalue weighted by Gasteiger charge is -2.18. The summed E-state index contributed by atoms with van der Waals surface area (Å²) in [7, 11) is 0. The van der Waals surface area contributed by atoms with Gasteiger partial charge in [-0.15, -0.1) is 0 Å². The molecule has 3 aromatic carbocycles. The number of hydrogen-bond donors (Lipinski definition) is 0. The Kier molecular flexibility index (Phi) is 3.17. The second kappa shape index (κ2) is 5.13. The molecule has 0 N–H and O–H groups in total. The van der Waals surface area contributed by atoms with Crippen molar-refractivity contribution in [1.82, 2.24) is 4.57 Å². The van der Waals surface area contributed by atoms with E-state index in [1.807, 2.05) is 48.5 Å². The van der Waals surface area contributed by atoms with Crippen molar-refractivity contribution in [2.75, 3.05) is 0 Å². The summed E-state index contributed by atoms with van der Waals surface area (Å²) in [5.74, 6) is 0. The molecule has 0 aliphatic carbocycles. The molecule has 1 heterocycles. The van der Waals surface area contributed by atoms with E-state index in [2.05, 4.69) is 0 Å². The van der Waals surface area contributed by atoms with Gasteiger partial charge in [0, 0.05) is 10.8 Å². The minimum absolute atomic E-state index is 0.197. The summed E-state index contributed by atoms with van der Waals surface area (Å²) in [4.78, 5) is 0. The summed E-state index contributed by atoms with van der Waals surface area (Å²) in [5.41, 5.74) is 1.73. The maximum atomic E-state index is 13.6. The lowest BCUT2D eigenvalue weighted by atomic mass is 10.1. The van der Waals surface area contributed by atoms with Crippen molar-refractivity contribution in [3.63, 3.8) is 0 Å². The Morgan fingerprint density at radius 3 is 1.79 bits per heavy atom. The van der Waals surface area contributed by atoms with E-state index in [0.717, 1.165) is 27.9 Å². The molecular weight excluding hydrogens is 311 g/mol. The Hall–Kier alpha value is -2.75. The topological polar surface area (TPSA) is 4.93 Å². The first kappa shape index (κ1) is 14.8. The number of aromatic nitrogens is 1. The largest absolute Gasteiger partial charge is 0.418 e. The SMILES string of the molecule is Cc1cccc(C(F)(F)F)c1-n1c2ccccc2c2ccccc21. The number of hydrogen-bond acceptors (Lipinski definition) is 0. The molecular formula is C20H14F3N. The van der Waals surface area contributed by atoms with Gasteiger partial charge in [-0.05, 0) is 30.7 Å². The molecule has 0 spiro atoms. The second-order valence-corrected chi connectivity index (χ2v) is 5.84. The van der Waals surface area contributed by atoms with Crippen molar-refractivity contribution in [1.29, 1.82) is 0 Å². The van der Waals surface area contributed by atoms with Gasteiger partial charge in [0.25, 0.3) is 0 Å². The van der Waals surface area contributed by atoms with E-state index < -0.39 is 11.7 Å². The highest BCUT2D eigenvalue weighted by atomic mass is 19.4. The zero-order valence-corrected chi connectivity index (χ0v) is 12.9. The molecule has 0 fully saturated rings. The van der Waals surface area contributed by atoms with E-state index in [9.17, 15) is 13.2 Å². The normalized spacial score (nSPS) is 12.2. The van der Waals surface area contributed by atoms with Crippen LogP contribution in [0, 0.1) is 6.92 Å².